The van der Waals surface area contributed by atoms with Gasteiger partial charge in [0.15, 0.2) is 5.17 Å². The molecule has 6 nitrogen and oxygen atoms in total. The second kappa shape index (κ2) is 8.55. The minimum absolute atomic E-state index is 0.0584. The lowest BCUT2D eigenvalue weighted by molar-refractivity contribution is -0.121. The molecule has 0 radical (unpaired) electrons. The Bertz CT molecular complexity index is 943. The molecule has 2 aromatic rings. The highest BCUT2D eigenvalue weighted by Gasteiger charge is 2.40. The summed E-state index contributed by atoms with van der Waals surface area (Å²) in [6.45, 7) is 1.83. The number of anilines is 1. The highest BCUT2D eigenvalue weighted by atomic mass is 79.9. The molecule has 1 aliphatic heterocycles. The largest absolute Gasteiger partial charge is 0.377 e. The Kier molecular flexibility index (Phi) is 6.36. The lowest BCUT2D eigenvalue weighted by Crippen LogP contribution is -2.31. The molecule has 0 bridgehead atoms. The number of halogens is 2. The minimum atomic E-state index is -0.622. The maximum absolute atomic E-state index is 12.6. The molecule has 2 heterocycles. The summed E-state index contributed by atoms with van der Waals surface area (Å²) in [5.41, 5.74) is 7.10. The van der Waals surface area contributed by atoms with Crippen LogP contribution < -0.4 is 10.6 Å². The third-order valence-corrected chi connectivity index (χ3v) is 6.64. The van der Waals surface area contributed by atoms with E-state index in [0.29, 0.717) is 16.4 Å². The Morgan fingerprint density at radius 3 is 2.59 bits per heavy atom. The number of benzene rings is 1. The zero-order chi connectivity index (χ0) is 19.6. The molecule has 0 saturated carbocycles. The van der Waals surface area contributed by atoms with E-state index in [-0.39, 0.29) is 23.4 Å². The van der Waals surface area contributed by atoms with Gasteiger partial charge in [0.2, 0.25) is 11.8 Å². The smallest absolute Gasteiger partial charge is 0.247 e. The van der Waals surface area contributed by atoms with Crippen molar-refractivity contribution in [1.29, 1.82) is 0 Å². The van der Waals surface area contributed by atoms with Crippen LogP contribution in [-0.2, 0) is 9.59 Å². The van der Waals surface area contributed by atoms with Gasteiger partial charge in [-0.15, -0.1) is 16.4 Å². The molecule has 1 atom stereocenters. The average Bonchev–Trinajstić information content (AvgIpc) is 3.18. The van der Waals surface area contributed by atoms with Gasteiger partial charge in [0, 0.05) is 11.4 Å². The monoisotopic (exact) mass is 484 g/mol. The average molecular weight is 486 g/mol. The van der Waals surface area contributed by atoms with Gasteiger partial charge in [0.1, 0.15) is 5.25 Å². The second-order valence-electron chi connectivity index (χ2n) is 5.58. The first-order valence-electron chi connectivity index (χ1n) is 7.77. The number of amidine groups is 1. The van der Waals surface area contributed by atoms with Gasteiger partial charge in [-0.25, -0.2) is 4.90 Å². The molecule has 140 valence electrons. The summed E-state index contributed by atoms with van der Waals surface area (Å²) in [6, 6.07) is 10.4. The van der Waals surface area contributed by atoms with E-state index in [1.54, 1.807) is 24.3 Å². The second-order valence-corrected chi connectivity index (χ2v) is 9.70. The molecule has 1 aliphatic rings. The number of thioether (sulfide) groups is 1. The first kappa shape index (κ1) is 20.1. The van der Waals surface area contributed by atoms with Crippen LogP contribution in [0.15, 0.2) is 50.4 Å². The van der Waals surface area contributed by atoms with Crippen molar-refractivity contribution >= 4 is 79.0 Å². The Balaban J connectivity index is 1.69. The number of carbonyl (C=O) groups is 2. The first-order valence-corrected chi connectivity index (χ1v) is 10.6. The number of rotatable bonds is 4. The van der Waals surface area contributed by atoms with Crippen LogP contribution in [-0.4, -0.2) is 27.9 Å². The van der Waals surface area contributed by atoms with Crippen LogP contribution in [0.3, 0.4) is 0 Å². The Labute approximate surface area is 177 Å². The summed E-state index contributed by atoms with van der Waals surface area (Å²) in [5, 5.41) is 8.13. The lowest BCUT2D eigenvalue weighted by atomic mass is 10.3. The van der Waals surface area contributed by atoms with E-state index < -0.39 is 5.25 Å². The van der Waals surface area contributed by atoms with Crippen molar-refractivity contribution in [2.24, 2.45) is 15.9 Å². The Morgan fingerprint density at radius 1 is 1.26 bits per heavy atom. The lowest BCUT2D eigenvalue weighted by Gasteiger charge is -2.14. The Morgan fingerprint density at radius 2 is 1.96 bits per heavy atom. The van der Waals surface area contributed by atoms with Gasteiger partial charge in [0.25, 0.3) is 0 Å². The summed E-state index contributed by atoms with van der Waals surface area (Å²) in [6.07, 6.45) is 0.0584. The predicted octanol–water partition coefficient (Wildman–Crippen LogP) is 4.27. The zero-order valence-electron chi connectivity index (χ0n) is 14.1. The highest BCUT2D eigenvalue weighted by Crippen LogP contribution is 2.30. The number of imide groups is 1. The van der Waals surface area contributed by atoms with Gasteiger partial charge >= 0.3 is 0 Å². The SMILES string of the molecule is C/C(=N/N=C(/N)S[C@@H]1CC(=O)N(c2ccc(Cl)cc2)C1=O)c1ccc(Br)s1. The maximum atomic E-state index is 12.6. The van der Waals surface area contributed by atoms with E-state index in [1.165, 1.54) is 11.3 Å². The minimum Gasteiger partial charge on any atom is -0.377 e. The zero-order valence-corrected chi connectivity index (χ0v) is 18.0. The van der Waals surface area contributed by atoms with E-state index in [9.17, 15) is 9.59 Å². The van der Waals surface area contributed by atoms with Crippen molar-refractivity contribution in [2.75, 3.05) is 4.90 Å². The van der Waals surface area contributed by atoms with Gasteiger partial charge in [-0.3, -0.25) is 9.59 Å². The molecule has 2 amide bonds. The van der Waals surface area contributed by atoms with E-state index in [0.717, 1.165) is 25.3 Å². The van der Waals surface area contributed by atoms with Crippen LogP contribution in [0, 0.1) is 0 Å². The maximum Gasteiger partial charge on any atom is 0.247 e. The molecule has 10 heteroatoms. The van der Waals surface area contributed by atoms with E-state index in [1.807, 2.05) is 19.1 Å². The first-order chi connectivity index (χ1) is 12.8. The van der Waals surface area contributed by atoms with Gasteiger partial charge in [-0.2, -0.15) is 5.10 Å². The summed E-state index contributed by atoms with van der Waals surface area (Å²) in [7, 11) is 0. The van der Waals surface area contributed by atoms with Crippen LogP contribution in [0.5, 0.6) is 0 Å². The molecule has 27 heavy (non-hydrogen) atoms. The number of nitrogens with zero attached hydrogens (tertiary/aromatic N) is 3. The van der Waals surface area contributed by atoms with E-state index in [2.05, 4.69) is 26.1 Å². The summed E-state index contributed by atoms with van der Waals surface area (Å²) in [5.74, 6) is -0.607. The predicted molar refractivity (Wildman–Crippen MR) is 116 cm³/mol. The van der Waals surface area contributed by atoms with Gasteiger partial charge in [-0.05, 0) is 59.3 Å². The van der Waals surface area contributed by atoms with Crippen LogP contribution in [0.25, 0.3) is 0 Å². The molecular weight excluding hydrogens is 472 g/mol. The van der Waals surface area contributed by atoms with Crippen LogP contribution in [0.1, 0.15) is 18.2 Å². The molecule has 1 saturated heterocycles. The van der Waals surface area contributed by atoms with Crippen LogP contribution in [0.4, 0.5) is 5.69 Å². The fraction of sp³-hybridized carbons (Fsp3) is 0.176. The molecule has 0 aliphatic carbocycles. The number of nitrogens with two attached hydrogens (primary N) is 1. The third kappa shape index (κ3) is 4.78. The molecule has 0 unspecified atom stereocenters. The number of carbonyl (C=O) groups excluding carboxylic acids is 2. The number of thiophene rings is 1. The number of hydrogen-bond donors (Lipinski definition) is 1. The van der Waals surface area contributed by atoms with Crippen LogP contribution >= 0.6 is 50.6 Å². The Hall–Kier alpha value is -1.68. The van der Waals surface area contributed by atoms with Gasteiger partial charge in [0.05, 0.1) is 20.1 Å². The van der Waals surface area contributed by atoms with Gasteiger partial charge in [-0.1, -0.05) is 23.4 Å². The van der Waals surface area contributed by atoms with Crippen molar-refractivity contribution in [3.8, 4) is 0 Å². The van der Waals surface area contributed by atoms with Crippen LogP contribution in [0.2, 0.25) is 5.02 Å². The summed E-state index contributed by atoms with van der Waals surface area (Å²) < 4.78 is 0.996. The molecule has 2 N–H and O–H groups in total. The standard InChI is InChI=1S/C17H14BrClN4O2S2/c1-9(12-6-7-14(18)26-12)21-22-17(20)27-13-8-15(24)23(16(13)25)11-4-2-10(19)3-5-11/h2-7,13H,8H2,1H3,(H2,20,22)/b21-9-/t13-/m1/s1. The van der Waals surface area contributed by atoms with E-state index in [4.69, 9.17) is 17.3 Å². The number of amides is 2. The fourth-order valence-corrected chi connectivity index (χ4v) is 4.67. The summed E-state index contributed by atoms with van der Waals surface area (Å²) in [4.78, 5) is 27.0. The topological polar surface area (TPSA) is 88.1 Å². The van der Waals surface area contributed by atoms with Crippen molar-refractivity contribution in [3.63, 3.8) is 0 Å². The number of hydrogen-bond acceptors (Lipinski definition) is 6. The molecule has 1 aromatic carbocycles. The van der Waals surface area contributed by atoms with Crippen molar-refractivity contribution in [3.05, 3.63) is 50.1 Å². The van der Waals surface area contributed by atoms with Crippen molar-refractivity contribution in [2.45, 2.75) is 18.6 Å². The normalized spacial score (nSPS) is 18.5. The fourth-order valence-electron chi connectivity index (χ4n) is 2.41. The van der Waals surface area contributed by atoms with Crippen molar-refractivity contribution < 1.29 is 9.59 Å². The van der Waals surface area contributed by atoms with Gasteiger partial charge < -0.3 is 5.73 Å². The quantitative estimate of drug-likeness (QED) is 0.303. The summed E-state index contributed by atoms with van der Waals surface area (Å²) >= 11 is 11.8. The third-order valence-electron chi connectivity index (χ3n) is 3.68. The molecule has 1 aromatic heterocycles. The van der Waals surface area contributed by atoms with Crippen molar-refractivity contribution in [1.82, 2.24) is 0 Å². The highest BCUT2D eigenvalue weighted by molar-refractivity contribution is 9.11. The molecular formula is C17H14BrClN4O2S2. The van der Waals surface area contributed by atoms with E-state index >= 15 is 0 Å². The molecule has 1 fully saturated rings. The molecule has 0 spiro atoms. The molecule has 3 rings (SSSR count).